The van der Waals surface area contributed by atoms with Gasteiger partial charge in [-0.15, -0.1) is 0 Å². The lowest BCUT2D eigenvalue weighted by Gasteiger charge is -2.10. The van der Waals surface area contributed by atoms with E-state index in [2.05, 4.69) is 46.5 Å². The number of ether oxygens (including phenoxy) is 1. The van der Waals surface area contributed by atoms with Gasteiger partial charge in [-0.25, -0.2) is 4.79 Å². The summed E-state index contributed by atoms with van der Waals surface area (Å²) >= 11 is 3.41. The van der Waals surface area contributed by atoms with Crippen molar-refractivity contribution in [2.24, 2.45) is 0 Å². The summed E-state index contributed by atoms with van der Waals surface area (Å²) in [6.45, 7) is 4.39. The Hall–Kier alpha value is -2.33. The summed E-state index contributed by atoms with van der Waals surface area (Å²) in [7, 11) is 0. The molecule has 0 atom stereocenters. The van der Waals surface area contributed by atoms with Crippen LogP contribution in [0, 0.1) is 13.8 Å². The number of halogens is 1. The number of aryl methyl sites for hydroxylation is 2. The zero-order valence-corrected chi connectivity index (χ0v) is 15.2. The van der Waals surface area contributed by atoms with Gasteiger partial charge in [0, 0.05) is 21.5 Å². The van der Waals surface area contributed by atoms with E-state index in [-0.39, 0.29) is 12.6 Å². The van der Waals surface area contributed by atoms with Gasteiger partial charge in [-0.2, -0.15) is 0 Å². The Morgan fingerprint density at radius 1 is 1.00 bits per heavy atom. The molecule has 0 N–H and O–H groups in total. The molecule has 0 saturated carbocycles. The minimum Gasteiger partial charge on any atom is -0.457 e. The highest BCUT2D eigenvalue weighted by molar-refractivity contribution is 9.10. The third kappa shape index (κ3) is 3.60. The van der Waals surface area contributed by atoms with Crippen LogP contribution in [0.15, 0.2) is 65.1 Å². The molecule has 0 amide bonds. The molecule has 0 spiro atoms. The summed E-state index contributed by atoms with van der Waals surface area (Å²) in [6.07, 6.45) is 0. The third-order valence-corrected chi connectivity index (χ3v) is 4.38. The molecule has 1 heterocycles. The fraction of sp³-hybridized carbons (Fsp3) is 0.150. The van der Waals surface area contributed by atoms with E-state index in [1.54, 1.807) is 12.1 Å². The zero-order valence-electron chi connectivity index (χ0n) is 13.6. The summed E-state index contributed by atoms with van der Waals surface area (Å²) < 4.78 is 8.50. The highest BCUT2D eigenvalue weighted by atomic mass is 79.9. The van der Waals surface area contributed by atoms with Gasteiger partial charge in [0.05, 0.1) is 5.56 Å². The van der Waals surface area contributed by atoms with E-state index in [1.165, 1.54) is 0 Å². The number of benzene rings is 2. The van der Waals surface area contributed by atoms with Crippen molar-refractivity contribution in [3.8, 4) is 5.69 Å². The van der Waals surface area contributed by atoms with E-state index in [9.17, 15) is 4.79 Å². The maximum absolute atomic E-state index is 12.2. The van der Waals surface area contributed by atoms with Crippen LogP contribution in [-0.4, -0.2) is 10.5 Å². The van der Waals surface area contributed by atoms with Crippen LogP contribution in [0.2, 0.25) is 0 Å². The third-order valence-electron chi connectivity index (χ3n) is 3.89. The molecule has 3 rings (SSSR count). The topological polar surface area (TPSA) is 31.2 Å². The molecule has 4 heteroatoms. The van der Waals surface area contributed by atoms with Crippen LogP contribution in [0.1, 0.15) is 27.3 Å². The lowest BCUT2D eigenvalue weighted by molar-refractivity contribution is 0.0472. The van der Waals surface area contributed by atoms with Crippen molar-refractivity contribution in [2.45, 2.75) is 20.5 Å². The second-order valence-electron chi connectivity index (χ2n) is 5.70. The molecule has 0 radical (unpaired) electrons. The highest BCUT2D eigenvalue weighted by Crippen LogP contribution is 2.18. The first-order valence-corrected chi connectivity index (χ1v) is 8.51. The van der Waals surface area contributed by atoms with E-state index in [4.69, 9.17) is 4.74 Å². The van der Waals surface area contributed by atoms with E-state index in [0.29, 0.717) is 5.56 Å². The molecule has 1 aromatic heterocycles. The molecule has 3 aromatic rings. The molecule has 0 aliphatic heterocycles. The molecule has 0 aliphatic rings. The second kappa shape index (κ2) is 7.05. The average molecular weight is 384 g/mol. The van der Waals surface area contributed by atoms with Crippen molar-refractivity contribution in [3.05, 3.63) is 87.7 Å². The number of nitrogens with zero attached hydrogens (tertiary/aromatic N) is 1. The lowest BCUT2D eigenvalue weighted by Crippen LogP contribution is -2.06. The van der Waals surface area contributed by atoms with Gasteiger partial charge in [0.1, 0.15) is 6.61 Å². The van der Waals surface area contributed by atoms with Gasteiger partial charge in [-0.05, 0) is 67.9 Å². The predicted octanol–water partition coefficient (Wildman–Crippen LogP) is 5.21. The Labute approximate surface area is 150 Å². The number of rotatable bonds is 4. The SMILES string of the molecule is Cc1ccc(C)n1-c1ccc(C(=O)OCc2cccc(Br)c2)cc1. The van der Waals surface area contributed by atoms with E-state index >= 15 is 0 Å². The smallest absolute Gasteiger partial charge is 0.338 e. The van der Waals surface area contributed by atoms with Crippen LogP contribution in [0.25, 0.3) is 5.69 Å². The normalized spacial score (nSPS) is 10.6. The fourth-order valence-corrected chi connectivity index (χ4v) is 3.13. The molecular formula is C20H18BrNO2. The maximum Gasteiger partial charge on any atom is 0.338 e. The minimum absolute atomic E-state index is 0.260. The Balaban J connectivity index is 1.70. The van der Waals surface area contributed by atoms with E-state index in [1.807, 2.05) is 36.4 Å². The number of hydrogen-bond acceptors (Lipinski definition) is 2. The molecule has 0 unspecified atom stereocenters. The number of carbonyl (C=O) groups excluding carboxylic acids is 1. The standard InChI is InChI=1S/C20H18BrNO2/c1-14-6-7-15(2)22(14)19-10-8-17(9-11-19)20(23)24-13-16-4-3-5-18(21)12-16/h3-12H,13H2,1-2H3. The minimum atomic E-state index is -0.317. The molecule has 2 aromatic carbocycles. The van der Waals surface area contributed by atoms with Crippen molar-refractivity contribution in [2.75, 3.05) is 0 Å². The largest absolute Gasteiger partial charge is 0.457 e. The molecule has 0 aliphatic carbocycles. The van der Waals surface area contributed by atoms with Crippen molar-refractivity contribution in [1.82, 2.24) is 4.57 Å². The van der Waals surface area contributed by atoms with Gasteiger partial charge in [0.2, 0.25) is 0 Å². The van der Waals surface area contributed by atoms with Crippen LogP contribution in [0.4, 0.5) is 0 Å². The number of hydrogen-bond donors (Lipinski definition) is 0. The van der Waals surface area contributed by atoms with Gasteiger partial charge in [-0.3, -0.25) is 0 Å². The first-order chi connectivity index (χ1) is 11.5. The quantitative estimate of drug-likeness (QED) is 0.578. The predicted molar refractivity (Wildman–Crippen MR) is 98.5 cm³/mol. The average Bonchev–Trinajstić information content (AvgIpc) is 2.92. The molecular weight excluding hydrogens is 366 g/mol. The molecule has 24 heavy (non-hydrogen) atoms. The molecule has 0 bridgehead atoms. The molecule has 0 fully saturated rings. The summed E-state index contributed by atoms with van der Waals surface area (Å²) in [4.78, 5) is 12.2. The van der Waals surface area contributed by atoms with E-state index < -0.39 is 0 Å². The summed E-state index contributed by atoms with van der Waals surface area (Å²) in [5, 5.41) is 0. The Morgan fingerprint density at radius 3 is 2.29 bits per heavy atom. The summed E-state index contributed by atoms with van der Waals surface area (Å²) in [5.74, 6) is -0.317. The van der Waals surface area contributed by atoms with Crippen molar-refractivity contribution in [3.63, 3.8) is 0 Å². The van der Waals surface area contributed by atoms with Crippen LogP contribution < -0.4 is 0 Å². The zero-order chi connectivity index (χ0) is 17.1. The van der Waals surface area contributed by atoms with Crippen LogP contribution >= 0.6 is 15.9 Å². The Kier molecular flexibility index (Phi) is 4.86. The van der Waals surface area contributed by atoms with Crippen molar-refractivity contribution in [1.29, 1.82) is 0 Å². The number of esters is 1. The number of aromatic nitrogens is 1. The van der Waals surface area contributed by atoms with Gasteiger partial charge in [0.15, 0.2) is 0 Å². The Morgan fingerprint density at radius 2 is 1.67 bits per heavy atom. The highest BCUT2D eigenvalue weighted by Gasteiger charge is 2.09. The number of carbonyl (C=O) groups is 1. The Bertz CT molecular complexity index is 846. The first-order valence-electron chi connectivity index (χ1n) is 7.71. The van der Waals surface area contributed by atoms with Crippen LogP contribution in [0.5, 0.6) is 0 Å². The first kappa shape index (κ1) is 16.5. The summed E-state index contributed by atoms with van der Waals surface area (Å²) in [5.41, 5.74) is 4.87. The van der Waals surface area contributed by atoms with Gasteiger partial charge < -0.3 is 9.30 Å². The van der Waals surface area contributed by atoms with Gasteiger partial charge in [0.25, 0.3) is 0 Å². The summed E-state index contributed by atoms with van der Waals surface area (Å²) in [6, 6.07) is 19.4. The monoisotopic (exact) mass is 383 g/mol. The lowest BCUT2D eigenvalue weighted by atomic mass is 10.2. The van der Waals surface area contributed by atoms with Crippen molar-refractivity contribution >= 4 is 21.9 Å². The molecule has 3 nitrogen and oxygen atoms in total. The fourth-order valence-electron chi connectivity index (χ4n) is 2.68. The van der Waals surface area contributed by atoms with Crippen LogP contribution in [0.3, 0.4) is 0 Å². The van der Waals surface area contributed by atoms with Crippen LogP contribution in [-0.2, 0) is 11.3 Å². The second-order valence-corrected chi connectivity index (χ2v) is 6.62. The van der Waals surface area contributed by atoms with Gasteiger partial charge in [-0.1, -0.05) is 28.1 Å². The van der Waals surface area contributed by atoms with E-state index in [0.717, 1.165) is 27.1 Å². The van der Waals surface area contributed by atoms with Gasteiger partial charge >= 0.3 is 5.97 Å². The molecule has 122 valence electrons. The molecule has 0 saturated heterocycles. The van der Waals surface area contributed by atoms with Crippen molar-refractivity contribution < 1.29 is 9.53 Å². The maximum atomic E-state index is 12.2.